The molecule has 0 amide bonds. The van der Waals surface area contributed by atoms with Gasteiger partial charge in [-0.25, -0.2) is 0 Å². The van der Waals surface area contributed by atoms with Gasteiger partial charge in [-0.15, -0.1) is 0 Å². The van der Waals surface area contributed by atoms with Crippen molar-refractivity contribution >= 4 is 12.2 Å². The predicted molar refractivity (Wildman–Crippen MR) is 99.3 cm³/mol. The van der Waals surface area contributed by atoms with Crippen LogP contribution in [-0.2, 0) is 6.54 Å². The Balaban J connectivity index is 2.14. The van der Waals surface area contributed by atoms with E-state index in [4.69, 9.17) is 9.47 Å². The Labute approximate surface area is 145 Å². The fourth-order valence-corrected chi connectivity index (χ4v) is 2.68. The minimum Gasteiger partial charge on any atom is -0.497 e. The zero-order valence-corrected chi connectivity index (χ0v) is 15.0. The van der Waals surface area contributed by atoms with Crippen molar-refractivity contribution < 1.29 is 14.0 Å². The standard InChI is InChI=1S/C21H28NO2/c1-4-5-6-8-15-22-16-9-7-10-19(22)13-11-18-12-14-20(23-2)17-21(18)24-3/h7,9-14,16-17H,4-6,8,15H2,1-3H3/q+1/b13-11+. The Hall–Kier alpha value is -2.29. The van der Waals surface area contributed by atoms with Crippen LogP contribution in [0.4, 0.5) is 0 Å². The van der Waals surface area contributed by atoms with Crippen molar-refractivity contribution in [1.29, 1.82) is 0 Å². The number of rotatable bonds is 9. The lowest BCUT2D eigenvalue weighted by atomic mass is 10.1. The number of benzene rings is 1. The molecule has 3 nitrogen and oxygen atoms in total. The molecule has 0 aliphatic heterocycles. The molecule has 0 aliphatic carbocycles. The minimum absolute atomic E-state index is 0.801. The second-order valence-electron chi connectivity index (χ2n) is 5.82. The summed E-state index contributed by atoms with van der Waals surface area (Å²) < 4.78 is 13.0. The smallest absolute Gasteiger partial charge is 0.205 e. The highest BCUT2D eigenvalue weighted by Crippen LogP contribution is 2.26. The summed E-state index contributed by atoms with van der Waals surface area (Å²) >= 11 is 0. The number of aromatic nitrogens is 1. The van der Waals surface area contributed by atoms with E-state index in [0.29, 0.717) is 0 Å². The summed E-state index contributed by atoms with van der Waals surface area (Å²) in [6, 6.07) is 12.2. The van der Waals surface area contributed by atoms with Gasteiger partial charge in [-0.1, -0.05) is 19.8 Å². The second-order valence-corrected chi connectivity index (χ2v) is 5.82. The van der Waals surface area contributed by atoms with Gasteiger partial charge in [0.05, 0.1) is 14.2 Å². The van der Waals surface area contributed by atoms with Crippen LogP contribution in [-0.4, -0.2) is 14.2 Å². The van der Waals surface area contributed by atoms with Crippen LogP contribution in [0.2, 0.25) is 0 Å². The van der Waals surface area contributed by atoms with Crippen molar-refractivity contribution in [3.63, 3.8) is 0 Å². The van der Waals surface area contributed by atoms with Crippen molar-refractivity contribution in [2.75, 3.05) is 14.2 Å². The lowest BCUT2D eigenvalue weighted by Gasteiger charge is -2.07. The molecule has 0 spiro atoms. The van der Waals surface area contributed by atoms with Gasteiger partial charge in [0.25, 0.3) is 0 Å². The number of pyridine rings is 1. The number of ether oxygens (including phenoxy) is 2. The molecule has 0 saturated carbocycles. The van der Waals surface area contributed by atoms with Crippen molar-refractivity contribution in [3.05, 3.63) is 53.9 Å². The van der Waals surface area contributed by atoms with Crippen LogP contribution < -0.4 is 14.0 Å². The van der Waals surface area contributed by atoms with Gasteiger partial charge in [-0.05, 0) is 30.7 Å². The summed E-state index contributed by atoms with van der Waals surface area (Å²) in [4.78, 5) is 0. The Morgan fingerprint density at radius 1 is 0.958 bits per heavy atom. The topological polar surface area (TPSA) is 22.3 Å². The van der Waals surface area contributed by atoms with E-state index in [1.807, 2.05) is 18.2 Å². The van der Waals surface area contributed by atoms with Crippen LogP contribution in [0.5, 0.6) is 11.5 Å². The normalized spacial score (nSPS) is 11.0. The second kappa shape index (κ2) is 9.76. The number of unbranched alkanes of at least 4 members (excludes halogenated alkanes) is 3. The third kappa shape index (κ3) is 5.12. The van der Waals surface area contributed by atoms with E-state index in [1.54, 1.807) is 14.2 Å². The number of hydrogen-bond donors (Lipinski definition) is 0. The van der Waals surface area contributed by atoms with E-state index in [9.17, 15) is 0 Å². The molecular weight excluding hydrogens is 298 g/mol. The highest BCUT2D eigenvalue weighted by molar-refractivity contribution is 5.71. The van der Waals surface area contributed by atoms with Gasteiger partial charge < -0.3 is 9.47 Å². The fraction of sp³-hybridized carbons (Fsp3) is 0.381. The van der Waals surface area contributed by atoms with Gasteiger partial charge in [0.15, 0.2) is 6.20 Å². The summed E-state index contributed by atoms with van der Waals surface area (Å²) in [5.74, 6) is 1.62. The molecule has 0 radical (unpaired) electrons. The van der Waals surface area contributed by atoms with Crippen LogP contribution in [0.25, 0.3) is 12.2 Å². The zero-order chi connectivity index (χ0) is 17.2. The van der Waals surface area contributed by atoms with Crippen LogP contribution in [0, 0.1) is 0 Å². The Morgan fingerprint density at radius 2 is 1.83 bits per heavy atom. The zero-order valence-electron chi connectivity index (χ0n) is 15.0. The van der Waals surface area contributed by atoms with Gasteiger partial charge in [-0.2, -0.15) is 4.57 Å². The summed E-state index contributed by atoms with van der Waals surface area (Å²) in [5, 5.41) is 0. The van der Waals surface area contributed by atoms with E-state index in [-0.39, 0.29) is 0 Å². The van der Waals surface area contributed by atoms with E-state index in [2.05, 4.69) is 48.0 Å². The lowest BCUT2D eigenvalue weighted by Crippen LogP contribution is -2.36. The van der Waals surface area contributed by atoms with Crippen molar-refractivity contribution in [3.8, 4) is 11.5 Å². The highest BCUT2D eigenvalue weighted by atomic mass is 16.5. The number of nitrogens with zero attached hydrogens (tertiary/aromatic N) is 1. The molecular formula is C21H28NO2+. The molecule has 2 rings (SSSR count). The van der Waals surface area contributed by atoms with Gasteiger partial charge in [0.2, 0.25) is 5.69 Å². The van der Waals surface area contributed by atoms with Crippen LogP contribution >= 0.6 is 0 Å². The number of hydrogen-bond acceptors (Lipinski definition) is 2. The molecule has 0 atom stereocenters. The number of aryl methyl sites for hydroxylation is 1. The molecule has 0 N–H and O–H groups in total. The lowest BCUT2D eigenvalue weighted by molar-refractivity contribution is -0.699. The molecule has 128 valence electrons. The fourth-order valence-electron chi connectivity index (χ4n) is 2.68. The maximum Gasteiger partial charge on any atom is 0.205 e. The first-order valence-corrected chi connectivity index (χ1v) is 8.67. The molecule has 1 aromatic heterocycles. The van der Waals surface area contributed by atoms with E-state index in [1.165, 1.54) is 31.4 Å². The van der Waals surface area contributed by atoms with Crippen molar-refractivity contribution in [2.45, 2.75) is 39.2 Å². The first-order valence-electron chi connectivity index (χ1n) is 8.67. The Morgan fingerprint density at radius 3 is 2.58 bits per heavy atom. The third-order valence-electron chi connectivity index (χ3n) is 4.10. The molecule has 3 heteroatoms. The van der Waals surface area contributed by atoms with Crippen LogP contribution in [0.1, 0.15) is 43.9 Å². The first kappa shape index (κ1) is 18.1. The summed E-state index contributed by atoms with van der Waals surface area (Å²) in [5.41, 5.74) is 2.24. The van der Waals surface area contributed by atoms with Crippen LogP contribution in [0.3, 0.4) is 0 Å². The van der Waals surface area contributed by atoms with Gasteiger partial charge in [0.1, 0.15) is 18.0 Å². The summed E-state index contributed by atoms with van der Waals surface area (Å²) in [7, 11) is 3.35. The average Bonchev–Trinajstić information content (AvgIpc) is 2.64. The van der Waals surface area contributed by atoms with Crippen molar-refractivity contribution in [2.24, 2.45) is 0 Å². The van der Waals surface area contributed by atoms with Gasteiger partial charge in [0, 0.05) is 36.3 Å². The van der Waals surface area contributed by atoms with E-state index >= 15 is 0 Å². The highest BCUT2D eigenvalue weighted by Gasteiger charge is 2.07. The van der Waals surface area contributed by atoms with Gasteiger partial charge in [-0.3, -0.25) is 0 Å². The first-order chi connectivity index (χ1) is 11.8. The monoisotopic (exact) mass is 326 g/mol. The average molecular weight is 326 g/mol. The molecule has 0 unspecified atom stereocenters. The summed E-state index contributed by atoms with van der Waals surface area (Å²) in [6.45, 7) is 3.30. The summed E-state index contributed by atoms with van der Waals surface area (Å²) in [6.07, 6.45) is 11.5. The van der Waals surface area contributed by atoms with E-state index < -0.39 is 0 Å². The number of methoxy groups -OCH3 is 2. The maximum atomic E-state index is 5.46. The Bertz CT molecular complexity index is 665. The molecule has 1 heterocycles. The maximum absolute atomic E-state index is 5.46. The third-order valence-corrected chi connectivity index (χ3v) is 4.10. The molecule has 0 saturated heterocycles. The molecule has 0 aliphatic rings. The largest absolute Gasteiger partial charge is 0.497 e. The molecule has 0 bridgehead atoms. The molecule has 0 fully saturated rings. The predicted octanol–water partition coefficient (Wildman–Crippen LogP) is 4.74. The Kier molecular flexibility index (Phi) is 7.34. The minimum atomic E-state index is 0.801. The van der Waals surface area contributed by atoms with Crippen molar-refractivity contribution in [1.82, 2.24) is 0 Å². The quantitative estimate of drug-likeness (QED) is 0.490. The van der Waals surface area contributed by atoms with E-state index in [0.717, 1.165) is 23.6 Å². The SMILES string of the molecule is CCCCCC[n+]1ccccc1/C=C/c1ccc(OC)cc1OC. The van der Waals surface area contributed by atoms with Crippen LogP contribution in [0.15, 0.2) is 42.6 Å². The molecule has 2 aromatic rings. The molecule has 24 heavy (non-hydrogen) atoms. The van der Waals surface area contributed by atoms with Gasteiger partial charge >= 0.3 is 0 Å². The molecule has 1 aromatic carbocycles.